The first-order valence-corrected chi connectivity index (χ1v) is 20.2. The van der Waals surface area contributed by atoms with Crippen molar-refractivity contribution in [3.63, 3.8) is 0 Å². The molecule has 1 amide bonds. The molecular formula is C40H54N7O7P. The van der Waals surface area contributed by atoms with Crippen molar-refractivity contribution in [1.82, 2.24) is 20.0 Å². The Morgan fingerprint density at radius 3 is 2.16 bits per heavy atom. The summed E-state index contributed by atoms with van der Waals surface area (Å²) in [6.45, 7) is 3.60. The lowest BCUT2D eigenvalue weighted by Gasteiger charge is -2.23. The Morgan fingerprint density at radius 1 is 0.964 bits per heavy atom. The van der Waals surface area contributed by atoms with Gasteiger partial charge in [-0.1, -0.05) is 103 Å². The molecule has 1 aliphatic rings. The summed E-state index contributed by atoms with van der Waals surface area (Å²) in [4.78, 5) is 41.8. The number of para-hydroxylation sites is 1. The molecule has 14 nitrogen and oxygen atoms in total. The maximum absolute atomic E-state index is 13.9. The molecule has 1 aliphatic heterocycles. The molecule has 0 aliphatic carbocycles. The lowest BCUT2D eigenvalue weighted by Crippen LogP contribution is -2.34. The normalized spacial score (nSPS) is 18.6. The molecule has 1 saturated heterocycles. The zero-order chi connectivity index (χ0) is 39.6. The molecule has 0 bridgehead atoms. The Hall–Kier alpha value is -4.97. The molecule has 4 atom stereocenters. The number of azide groups is 1. The fourth-order valence-electron chi connectivity index (χ4n) is 5.26. The van der Waals surface area contributed by atoms with Crippen molar-refractivity contribution in [1.29, 1.82) is 0 Å². The number of benzene rings is 1. The summed E-state index contributed by atoms with van der Waals surface area (Å²) in [7, 11) is -4.03. The number of H-pyrrole nitrogens is 1. The van der Waals surface area contributed by atoms with E-state index < -0.39 is 37.4 Å². The van der Waals surface area contributed by atoms with Crippen LogP contribution in [-0.4, -0.2) is 47.3 Å². The molecule has 55 heavy (non-hydrogen) atoms. The molecular weight excluding hydrogens is 721 g/mol. The molecule has 2 heterocycles. The van der Waals surface area contributed by atoms with E-state index in [1.54, 1.807) is 37.3 Å². The Balaban J connectivity index is 1.38. The topological polar surface area (TPSA) is 190 Å². The number of aryl methyl sites for hydroxylation is 1. The highest BCUT2D eigenvalue weighted by atomic mass is 31.2. The summed E-state index contributed by atoms with van der Waals surface area (Å²) in [6, 6.07) is 7.67. The molecule has 0 saturated carbocycles. The van der Waals surface area contributed by atoms with Crippen LogP contribution in [0.4, 0.5) is 0 Å². The summed E-state index contributed by atoms with van der Waals surface area (Å²) < 4.78 is 32.5. The fraction of sp³-hybridized carbons (Fsp3) is 0.425. The number of nitrogens with one attached hydrogen (secondary N) is 3. The number of aromatic nitrogens is 2. The number of ether oxygens (including phenoxy) is 1. The first-order valence-electron chi connectivity index (χ1n) is 18.7. The number of rotatable bonds is 25. The first-order chi connectivity index (χ1) is 26.7. The second-order valence-electron chi connectivity index (χ2n) is 12.5. The molecule has 296 valence electrons. The van der Waals surface area contributed by atoms with Gasteiger partial charge in [0.05, 0.1) is 18.8 Å². The number of amides is 1. The smallest absolute Gasteiger partial charge is 0.413 e. The average Bonchev–Trinajstić information content (AvgIpc) is 3.57. The van der Waals surface area contributed by atoms with E-state index in [9.17, 15) is 18.9 Å². The molecule has 1 fully saturated rings. The summed E-state index contributed by atoms with van der Waals surface area (Å²) in [6.07, 6.45) is 31.9. The monoisotopic (exact) mass is 775 g/mol. The van der Waals surface area contributed by atoms with E-state index in [2.05, 4.69) is 93.1 Å². The Morgan fingerprint density at radius 2 is 1.56 bits per heavy atom. The lowest BCUT2D eigenvalue weighted by atomic mass is 10.1. The van der Waals surface area contributed by atoms with E-state index in [1.807, 2.05) is 12.2 Å². The van der Waals surface area contributed by atoms with Crippen molar-refractivity contribution in [3.8, 4) is 5.75 Å². The maximum atomic E-state index is 13.9. The van der Waals surface area contributed by atoms with Crippen LogP contribution < -0.4 is 26.2 Å². The average molecular weight is 776 g/mol. The van der Waals surface area contributed by atoms with Crippen LogP contribution in [0, 0.1) is 6.92 Å². The molecule has 1 aromatic heterocycles. The number of carbonyl (C=O) groups excluding carboxylic acids is 1. The van der Waals surface area contributed by atoms with Crippen molar-refractivity contribution in [2.24, 2.45) is 5.11 Å². The van der Waals surface area contributed by atoms with E-state index >= 15 is 0 Å². The van der Waals surface area contributed by atoms with Gasteiger partial charge in [-0.05, 0) is 69.5 Å². The Kier molecular flexibility index (Phi) is 21.0. The quantitative estimate of drug-likeness (QED) is 0.0225. The number of allylic oxidation sites excluding steroid dienone is 12. The standard InChI is InChI=1S/C40H54N7O7P/c1-3-4-5-6-7-8-9-10-11-12-13-14-15-16-17-18-19-20-24-27-37(48)42-28-29-43-55(51,54-34-25-22-21-23-26-34)52-32-36-35(45-46-41)30-38(53-36)47-31-33(2)39(49)44-40(47)50/h4-5,7-8,10-11,13-14,16-17,19-23,25-26,31,35-36,38H,3,6,9,12,15,18,24,27-30,32H2,1-2H3,(H,42,48)(H,43,51)(H,44,49,50)/b5-4+,8-7+,11-10+,14-13+,17-16+,20-19+/t35-,36+,38?,55?/m0/s1. The van der Waals surface area contributed by atoms with Gasteiger partial charge < -0.3 is 14.6 Å². The van der Waals surface area contributed by atoms with Crippen LogP contribution in [0.1, 0.15) is 76.5 Å². The van der Waals surface area contributed by atoms with E-state index in [0.717, 1.165) is 38.5 Å². The number of nitrogens with zero attached hydrogens (tertiary/aromatic N) is 4. The van der Waals surface area contributed by atoms with Crippen LogP contribution in [0.25, 0.3) is 10.4 Å². The summed E-state index contributed by atoms with van der Waals surface area (Å²) in [5.74, 6) is 0.127. The molecule has 3 N–H and O–H groups in total. The molecule has 2 aromatic rings. The van der Waals surface area contributed by atoms with Crippen molar-refractivity contribution >= 4 is 13.7 Å². The third-order valence-corrected chi connectivity index (χ3v) is 9.68. The van der Waals surface area contributed by atoms with Gasteiger partial charge in [0, 0.05) is 42.6 Å². The number of aromatic amines is 1. The van der Waals surface area contributed by atoms with Gasteiger partial charge in [-0.3, -0.25) is 23.7 Å². The van der Waals surface area contributed by atoms with Crippen LogP contribution >= 0.6 is 7.75 Å². The molecule has 1 aromatic carbocycles. The van der Waals surface area contributed by atoms with Crippen molar-refractivity contribution < 1.29 is 23.1 Å². The number of carbonyl (C=O) groups is 1. The largest absolute Gasteiger partial charge is 0.458 e. The highest BCUT2D eigenvalue weighted by Gasteiger charge is 2.39. The van der Waals surface area contributed by atoms with Crippen LogP contribution in [0.2, 0.25) is 0 Å². The lowest BCUT2D eigenvalue weighted by molar-refractivity contribution is -0.120. The van der Waals surface area contributed by atoms with Gasteiger partial charge >= 0.3 is 13.4 Å². The molecule has 0 radical (unpaired) electrons. The molecule has 15 heteroatoms. The van der Waals surface area contributed by atoms with Crippen LogP contribution in [0.5, 0.6) is 5.75 Å². The molecule has 0 spiro atoms. The van der Waals surface area contributed by atoms with Gasteiger partial charge in [-0.25, -0.2) is 14.4 Å². The highest BCUT2D eigenvalue weighted by Crippen LogP contribution is 2.45. The van der Waals surface area contributed by atoms with Crippen LogP contribution in [0.3, 0.4) is 0 Å². The Labute approximate surface area is 323 Å². The summed E-state index contributed by atoms with van der Waals surface area (Å²) in [5, 5.41) is 9.36. The predicted molar refractivity (Wildman–Crippen MR) is 217 cm³/mol. The van der Waals surface area contributed by atoms with Gasteiger partial charge in [-0.15, -0.1) is 0 Å². The summed E-state index contributed by atoms with van der Waals surface area (Å²) in [5.41, 5.74) is 8.24. The second kappa shape index (κ2) is 25.9. The van der Waals surface area contributed by atoms with Gasteiger partial charge in [0.1, 0.15) is 12.0 Å². The SMILES string of the molecule is CC/C=C/C/C=C/C/C=C/C/C=C/C/C=C/C/C=C/CCC(=O)NCCNP(=O)(OC[C@H]1OC(n2cc(C)c(=O)[nH]c2=O)C[C@@H]1N=[N+]=[N-])Oc1ccccc1. The van der Waals surface area contributed by atoms with Gasteiger partial charge in [0.15, 0.2) is 0 Å². The minimum absolute atomic E-state index is 0.0652. The first kappa shape index (κ1) is 44.4. The van der Waals surface area contributed by atoms with Gasteiger partial charge in [0.25, 0.3) is 5.56 Å². The van der Waals surface area contributed by atoms with Crippen molar-refractivity contribution in [2.75, 3.05) is 19.7 Å². The minimum atomic E-state index is -4.03. The Bertz CT molecular complexity index is 1860. The zero-order valence-corrected chi connectivity index (χ0v) is 32.6. The van der Waals surface area contributed by atoms with Crippen molar-refractivity contribution in [3.05, 3.63) is 146 Å². The van der Waals surface area contributed by atoms with E-state index in [-0.39, 0.29) is 37.8 Å². The third-order valence-electron chi connectivity index (χ3n) is 8.13. The fourth-order valence-corrected chi connectivity index (χ4v) is 6.59. The minimum Gasteiger partial charge on any atom is -0.413 e. The molecule has 2 unspecified atom stereocenters. The second-order valence-corrected chi connectivity index (χ2v) is 14.3. The number of hydrogen-bond donors (Lipinski definition) is 3. The predicted octanol–water partition coefficient (Wildman–Crippen LogP) is 8.20. The van der Waals surface area contributed by atoms with Gasteiger partial charge in [0.2, 0.25) is 5.91 Å². The summed E-state index contributed by atoms with van der Waals surface area (Å²) >= 11 is 0. The van der Waals surface area contributed by atoms with Crippen molar-refractivity contribution in [2.45, 2.75) is 90.0 Å². The molecule has 3 rings (SSSR count). The zero-order valence-electron chi connectivity index (χ0n) is 31.7. The number of hydrogen-bond acceptors (Lipinski definition) is 8. The van der Waals surface area contributed by atoms with Gasteiger partial charge in [-0.2, -0.15) is 0 Å². The highest BCUT2D eigenvalue weighted by molar-refractivity contribution is 7.52. The third kappa shape index (κ3) is 17.8. The van der Waals surface area contributed by atoms with E-state index in [4.69, 9.17) is 19.3 Å². The van der Waals surface area contributed by atoms with Crippen LogP contribution in [-0.2, 0) is 18.6 Å². The maximum Gasteiger partial charge on any atom is 0.458 e. The van der Waals surface area contributed by atoms with E-state index in [1.165, 1.54) is 10.8 Å². The van der Waals surface area contributed by atoms with Crippen LogP contribution in [0.15, 0.2) is 124 Å². The van der Waals surface area contributed by atoms with E-state index in [0.29, 0.717) is 18.4 Å².